The molecular weight excluding hydrogens is 360 g/mol. The van der Waals surface area contributed by atoms with Gasteiger partial charge in [0.15, 0.2) is 0 Å². The van der Waals surface area contributed by atoms with E-state index in [9.17, 15) is 9.59 Å². The molecule has 2 aromatic heterocycles. The SMILES string of the molecule is CC[C@@H]1CCc2c(sc(NC(=O)c3cccnc3Cl)c2C(=O)OC)C1. The quantitative estimate of drug-likeness (QED) is 0.634. The average Bonchev–Trinajstić information content (AvgIpc) is 2.98. The van der Waals surface area contributed by atoms with Crippen molar-refractivity contribution in [3.63, 3.8) is 0 Å². The van der Waals surface area contributed by atoms with Gasteiger partial charge in [-0.2, -0.15) is 0 Å². The molecule has 7 heteroatoms. The van der Waals surface area contributed by atoms with Crippen LogP contribution in [0, 0.1) is 5.92 Å². The van der Waals surface area contributed by atoms with Gasteiger partial charge in [-0.3, -0.25) is 4.79 Å². The molecule has 0 saturated carbocycles. The van der Waals surface area contributed by atoms with Gasteiger partial charge in [0.05, 0.1) is 18.2 Å². The van der Waals surface area contributed by atoms with E-state index in [1.54, 1.807) is 12.1 Å². The van der Waals surface area contributed by atoms with E-state index >= 15 is 0 Å². The Hall–Kier alpha value is -1.92. The van der Waals surface area contributed by atoms with Gasteiger partial charge < -0.3 is 10.1 Å². The summed E-state index contributed by atoms with van der Waals surface area (Å²) in [5.74, 6) is -0.179. The Morgan fingerprint density at radius 3 is 2.96 bits per heavy atom. The molecule has 5 nitrogen and oxygen atoms in total. The molecule has 0 fully saturated rings. The maximum absolute atomic E-state index is 12.6. The fourth-order valence-electron chi connectivity index (χ4n) is 3.13. The summed E-state index contributed by atoms with van der Waals surface area (Å²) in [6, 6.07) is 3.25. The van der Waals surface area contributed by atoms with Crippen LogP contribution in [0.15, 0.2) is 18.3 Å². The fourth-order valence-corrected chi connectivity index (χ4v) is 4.68. The van der Waals surface area contributed by atoms with Gasteiger partial charge in [-0.05, 0) is 42.9 Å². The number of pyridine rings is 1. The standard InChI is InChI=1S/C18H19ClN2O3S/c1-3-10-6-7-11-13(9-10)25-17(14(11)18(23)24-2)21-16(22)12-5-4-8-20-15(12)19/h4-5,8,10H,3,6-7,9H2,1-2H3,(H,21,22)/t10-/m1/s1. The predicted octanol–water partition coefficient (Wildman–Crippen LogP) is 4.35. The molecule has 1 aliphatic rings. The first-order valence-electron chi connectivity index (χ1n) is 8.19. The van der Waals surface area contributed by atoms with E-state index in [4.69, 9.17) is 16.3 Å². The van der Waals surface area contributed by atoms with Crippen molar-refractivity contribution in [2.45, 2.75) is 32.6 Å². The Bertz CT molecular complexity index is 819. The summed E-state index contributed by atoms with van der Waals surface area (Å²) in [5, 5.41) is 3.49. The van der Waals surface area contributed by atoms with Crippen LogP contribution in [0.25, 0.3) is 0 Å². The van der Waals surface area contributed by atoms with Crippen molar-refractivity contribution in [3.8, 4) is 0 Å². The number of aromatic nitrogens is 1. The molecule has 0 unspecified atom stereocenters. The summed E-state index contributed by atoms with van der Waals surface area (Å²) in [4.78, 5) is 29.9. The zero-order chi connectivity index (χ0) is 18.0. The number of carbonyl (C=O) groups excluding carboxylic acids is 2. The van der Waals surface area contributed by atoms with Crippen molar-refractivity contribution in [3.05, 3.63) is 45.1 Å². The zero-order valence-corrected chi connectivity index (χ0v) is 15.7. The highest BCUT2D eigenvalue weighted by atomic mass is 35.5. The van der Waals surface area contributed by atoms with E-state index in [0.29, 0.717) is 16.5 Å². The van der Waals surface area contributed by atoms with Crippen LogP contribution in [0.5, 0.6) is 0 Å². The lowest BCUT2D eigenvalue weighted by Crippen LogP contribution is -2.17. The Kier molecular flexibility index (Phi) is 5.39. The van der Waals surface area contributed by atoms with Crippen LogP contribution in [0.4, 0.5) is 5.00 Å². The van der Waals surface area contributed by atoms with Gasteiger partial charge in [0, 0.05) is 11.1 Å². The summed E-state index contributed by atoms with van der Waals surface area (Å²) < 4.78 is 4.94. The molecule has 1 atom stereocenters. The van der Waals surface area contributed by atoms with Gasteiger partial charge in [0.2, 0.25) is 0 Å². The van der Waals surface area contributed by atoms with Crippen molar-refractivity contribution in [1.29, 1.82) is 0 Å². The lowest BCUT2D eigenvalue weighted by molar-refractivity contribution is 0.0601. The number of methoxy groups -OCH3 is 1. The van der Waals surface area contributed by atoms with Crippen molar-refractivity contribution >= 4 is 39.8 Å². The Morgan fingerprint density at radius 2 is 2.28 bits per heavy atom. The van der Waals surface area contributed by atoms with Gasteiger partial charge in [-0.1, -0.05) is 24.9 Å². The minimum absolute atomic E-state index is 0.131. The zero-order valence-electron chi connectivity index (χ0n) is 14.1. The number of anilines is 1. The summed E-state index contributed by atoms with van der Waals surface area (Å²) in [6.45, 7) is 2.18. The van der Waals surface area contributed by atoms with Crippen LogP contribution in [-0.4, -0.2) is 24.0 Å². The van der Waals surface area contributed by atoms with Crippen LogP contribution in [0.3, 0.4) is 0 Å². The minimum Gasteiger partial charge on any atom is -0.465 e. The maximum Gasteiger partial charge on any atom is 0.341 e. The number of fused-ring (bicyclic) bond motifs is 1. The Labute approximate surface area is 155 Å². The molecular formula is C18H19ClN2O3S. The van der Waals surface area contributed by atoms with Crippen molar-refractivity contribution < 1.29 is 14.3 Å². The van der Waals surface area contributed by atoms with Crippen molar-refractivity contribution in [2.75, 3.05) is 12.4 Å². The monoisotopic (exact) mass is 378 g/mol. The fraction of sp³-hybridized carbons (Fsp3) is 0.389. The third-order valence-corrected chi connectivity index (χ3v) is 6.04. The third-order valence-electron chi connectivity index (χ3n) is 4.56. The number of amides is 1. The molecule has 2 aromatic rings. The number of nitrogens with one attached hydrogen (secondary N) is 1. The molecule has 0 spiro atoms. The normalized spacial score (nSPS) is 16.2. The number of carbonyl (C=O) groups is 2. The number of esters is 1. The molecule has 25 heavy (non-hydrogen) atoms. The van der Waals surface area contributed by atoms with Gasteiger partial charge >= 0.3 is 5.97 Å². The number of ether oxygens (including phenoxy) is 1. The maximum atomic E-state index is 12.6. The van der Waals surface area contributed by atoms with Crippen molar-refractivity contribution in [1.82, 2.24) is 4.98 Å². The Balaban J connectivity index is 1.96. The molecule has 1 aliphatic carbocycles. The molecule has 0 radical (unpaired) electrons. The summed E-state index contributed by atoms with van der Waals surface area (Å²) in [5.41, 5.74) is 1.76. The van der Waals surface area contributed by atoms with Crippen LogP contribution < -0.4 is 5.32 Å². The van der Waals surface area contributed by atoms with E-state index in [1.165, 1.54) is 24.6 Å². The lowest BCUT2D eigenvalue weighted by Gasteiger charge is -2.20. The number of halogens is 1. The molecule has 0 bridgehead atoms. The number of hydrogen-bond acceptors (Lipinski definition) is 5. The van der Waals surface area contributed by atoms with E-state index in [2.05, 4.69) is 17.2 Å². The van der Waals surface area contributed by atoms with E-state index in [-0.39, 0.29) is 16.6 Å². The van der Waals surface area contributed by atoms with Gasteiger partial charge in [0.25, 0.3) is 5.91 Å². The van der Waals surface area contributed by atoms with Crippen LogP contribution in [-0.2, 0) is 17.6 Å². The highest BCUT2D eigenvalue weighted by Crippen LogP contribution is 2.41. The van der Waals surface area contributed by atoms with Gasteiger partial charge in [-0.25, -0.2) is 9.78 Å². The number of hydrogen-bond donors (Lipinski definition) is 1. The van der Waals surface area contributed by atoms with Crippen LogP contribution in [0.2, 0.25) is 5.15 Å². The molecule has 1 N–H and O–H groups in total. The highest BCUT2D eigenvalue weighted by molar-refractivity contribution is 7.17. The number of rotatable bonds is 4. The van der Waals surface area contributed by atoms with Crippen LogP contribution >= 0.6 is 22.9 Å². The third kappa shape index (κ3) is 3.55. The number of nitrogens with zero attached hydrogens (tertiary/aromatic N) is 1. The second kappa shape index (κ2) is 7.54. The Morgan fingerprint density at radius 1 is 1.48 bits per heavy atom. The first-order valence-corrected chi connectivity index (χ1v) is 9.39. The first kappa shape index (κ1) is 17.9. The highest BCUT2D eigenvalue weighted by Gasteiger charge is 2.30. The van der Waals surface area contributed by atoms with Crippen LogP contribution in [0.1, 0.15) is 50.9 Å². The van der Waals surface area contributed by atoms with Crippen molar-refractivity contribution in [2.24, 2.45) is 5.92 Å². The lowest BCUT2D eigenvalue weighted by atomic mass is 9.85. The number of thiophene rings is 1. The molecule has 2 heterocycles. The predicted molar refractivity (Wildman–Crippen MR) is 98.7 cm³/mol. The second-order valence-electron chi connectivity index (χ2n) is 6.01. The molecule has 3 rings (SSSR count). The van der Waals surface area contributed by atoms with E-state index in [0.717, 1.165) is 36.1 Å². The topological polar surface area (TPSA) is 68.3 Å². The van der Waals surface area contributed by atoms with E-state index in [1.807, 2.05) is 0 Å². The molecule has 1 amide bonds. The first-order chi connectivity index (χ1) is 12.0. The minimum atomic E-state index is -0.417. The average molecular weight is 379 g/mol. The smallest absolute Gasteiger partial charge is 0.341 e. The second-order valence-corrected chi connectivity index (χ2v) is 7.48. The molecule has 132 valence electrons. The van der Waals surface area contributed by atoms with E-state index < -0.39 is 5.97 Å². The van der Waals surface area contributed by atoms with Gasteiger partial charge in [0.1, 0.15) is 10.2 Å². The molecule has 0 aliphatic heterocycles. The summed E-state index contributed by atoms with van der Waals surface area (Å²) >= 11 is 7.45. The molecule has 0 aromatic carbocycles. The molecule has 0 saturated heterocycles. The largest absolute Gasteiger partial charge is 0.465 e. The summed E-state index contributed by atoms with van der Waals surface area (Å²) in [7, 11) is 1.35. The van der Waals surface area contributed by atoms with Gasteiger partial charge in [-0.15, -0.1) is 11.3 Å². The summed E-state index contributed by atoms with van der Waals surface area (Å²) in [6.07, 6.45) is 5.44.